The third-order valence-electron chi connectivity index (χ3n) is 3.53. The van der Waals surface area contributed by atoms with Crippen LogP contribution in [0.15, 0.2) is 53.9 Å². The van der Waals surface area contributed by atoms with Crippen LogP contribution in [0.3, 0.4) is 0 Å². The monoisotopic (exact) mass is 357 g/mol. The van der Waals surface area contributed by atoms with E-state index in [1.807, 2.05) is 52.9 Å². The first-order valence-electron chi connectivity index (χ1n) is 7.86. The first kappa shape index (κ1) is 17.1. The van der Waals surface area contributed by atoms with Gasteiger partial charge >= 0.3 is 0 Å². The Morgan fingerprint density at radius 2 is 1.96 bits per heavy atom. The molecule has 0 atom stereocenters. The number of benzene rings is 1. The van der Waals surface area contributed by atoms with Crippen molar-refractivity contribution in [2.45, 2.75) is 18.5 Å². The Labute approximate surface area is 150 Å². The second-order valence-electron chi connectivity index (χ2n) is 5.16. The second-order valence-corrected chi connectivity index (χ2v) is 6.11. The third-order valence-corrected chi connectivity index (χ3v) is 4.45. The zero-order valence-electron chi connectivity index (χ0n) is 14.0. The lowest BCUT2D eigenvalue weighted by atomic mass is 10.3. The van der Waals surface area contributed by atoms with Crippen molar-refractivity contribution >= 4 is 23.4 Å². The van der Waals surface area contributed by atoms with Crippen LogP contribution >= 0.6 is 11.8 Å². The quantitative estimate of drug-likeness (QED) is 0.658. The van der Waals surface area contributed by atoms with E-state index < -0.39 is 0 Å². The van der Waals surface area contributed by atoms with Crippen molar-refractivity contribution in [1.29, 1.82) is 0 Å². The molecule has 0 aliphatic carbocycles. The molecule has 0 spiro atoms. The number of methoxy groups -OCH3 is 1. The summed E-state index contributed by atoms with van der Waals surface area (Å²) in [7, 11) is 1.57. The number of hydrogen-bond donors (Lipinski definition) is 1. The van der Waals surface area contributed by atoms with E-state index in [-0.39, 0.29) is 11.7 Å². The number of para-hydroxylation sites is 2. The van der Waals surface area contributed by atoms with Crippen molar-refractivity contribution < 1.29 is 9.53 Å². The van der Waals surface area contributed by atoms with Crippen LogP contribution in [0, 0.1) is 0 Å². The summed E-state index contributed by atoms with van der Waals surface area (Å²) in [5.41, 5.74) is 0.650. The second kappa shape index (κ2) is 7.89. The zero-order chi connectivity index (χ0) is 17.6. The van der Waals surface area contributed by atoms with Gasteiger partial charge in [-0.25, -0.2) is 4.68 Å². The van der Waals surface area contributed by atoms with Gasteiger partial charge in [-0.3, -0.25) is 9.47 Å². The van der Waals surface area contributed by atoms with Crippen LogP contribution in [0.1, 0.15) is 12.7 Å². The first-order valence-corrected chi connectivity index (χ1v) is 8.85. The molecule has 2 aromatic heterocycles. The van der Waals surface area contributed by atoms with Gasteiger partial charge in [0.1, 0.15) is 5.75 Å². The number of anilines is 1. The molecular formula is C17H19N5O2S. The number of nitrogens with zero attached hydrogens (tertiary/aromatic N) is 4. The summed E-state index contributed by atoms with van der Waals surface area (Å²) >= 11 is 1.34. The summed E-state index contributed by atoms with van der Waals surface area (Å²) in [6.45, 7) is 2.02. The van der Waals surface area contributed by atoms with Crippen molar-refractivity contribution in [1.82, 2.24) is 19.5 Å². The predicted molar refractivity (Wildman–Crippen MR) is 97.0 cm³/mol. The Balaban J connectivity index is 1.70. The van der Waals surface area contributed by atoms with Gasteiger partial charge in [0, 0.05) is 18.8 Å². The van der Waals surface area contributed by atoms with Crippen LogP contribution in [-0.4, -0.2) is 38.3 Å². The summed E-state index contributed by atoms with van der Waals surface area (Å²) < 4.78 is 9.05. The highest BCUT2D eigenvalue weighted by Crippen LogP contribution is 2.24. The van der Waals surface area contributed by atoms with E-state index in [0.717, 1.165) is 12.2 Å². The average molecular weight is 357 g/mol. The number of hydrogen-bond acceptors (Lipinski definition) is 5. The molecule has 3 aromatic rings. The molecule has 0 aliphatic heterocycles. The van der Waals surface area contributed by atoms with Gasteiger partial charge in [0.15, 0.2) is 5.82 Å². The molecule has 3 rings (SSSR count). The Morgan fingerprint density at radius 1 is 1.20 bits per heavy atom. The van der Waals surface area contributed by atoms with Crippen molar-refractivity contribution in [3.05, 3.63) is 54.6 Å². The number of thioether (sulfide) groups is 1. The SMILES string of the molecule is CCc1nnc(SCC(=O)Nc2ccccc2OC)n1-n1cccc1. The fourth-order valence-corrected chi connectivity index (χ4v) is 3.11. The summed E-state index contributed by atoms with van der Waals surface area (Å²) in [5.74, 6) is 1.56. The number of carbonyl (C=O) groups excluding carboxylic acids is 1. The van der Waals surface area contributed by atoms with Crippen LogP contribution in [0.25, 0.3) is 0 Å². The fourth-order valence-electron chi connectivity index (χ4n) is 2.36. The number of nitrogens with one attached hydrogen (secondary N) is 1. The van der Waals surface area contributed by atoms with Gasteiger partial charge in [-0.2, -0.15) is 0 Å². The van der Waals surface area contributed by atoms with Gasteiger partial charge in [-0.1, -0.05) is 30.8 Å². The number of rotatable bonds is 7. The van der Waals surface area contributed by atoms with E-state index in [2.05, 4.69) is 15.5 Å². The summed E-state index contributed by atoms with van der Waals surface area (Å²) in [6, 6.07) is 11.2. The summed E-state index contributed by atoms with van der Waals surface area (Å²) in [4.78, 5) is 12.3. The maximum atomic E-state index is 12.3. The van der Waals surface area contributed by atoms with E-state index in [4.69, 9.17) is 4.74 Å². The maximum Gasteiger partial charge on any atom is 0.234 e. The topological polar surface area (TPSA) is 74.0 Å². The Bertz CT molecular complexity index is 845. The normalized spacial score (nSPS) is 10.6. The van der Waals surface area contributed by atoms with Crippen LogP contribution in [0.4, 0.5) is 5.69 Å². The van der Waals surface area contributed by atoms with E-state index in [1.165, 1.54) is 11.8 Å². The number of carbonyl (C=O) groups is 1. The molecule has 2 heterocycles. The maximum absolute atomic E-state index is 12.3. The first-order chi connectivity index (χ1) is 12.2. The molecule has 0 radical (unpaired) electrons. The predicted octanol–water partition coefficient (Wildman–Crippen LogP) is 2.69. The molecule has 0 aliphatic rings. The number of aromatic nitrogens is 4. The van der Waals surface area contributed by atoms with Gasteiger partial charge in [0.25, 0.3) is 0 Å². The van der Waals surface area contributed by atoms with E-state index >= 15 is 0 Å². The van der Waals surface area contributed by atoms with Crippen molar-refractivity contribution in [3.63, 3.8) is 0 Å². The minimum Gasteiger partial charge on any atom is -0.495 e. The van der Waals surface area contributed by atoms with E-state index in [9.17, 15) is 4.79 Å². The Hall–Kier alpha value is -2.74. The molecule has 8 heteroatoms. The number of ether oxygens (including phenoxy) is 1. The van der Waals surface area contributed by atoms with Crippen molar-refractivity contribution in [3.8, 4) is 5.75 Å². The zero-order valence-corrected chi connectivity index (χ0v) is 14.9. The third kappa shape index (κ3) is 3.85. The Morgan fingerprint density at radius 3 is 2.68 bits per heavy atom. The molecule has 0 fully saturated rings. The minimum atomic E-state index is -0.130. The summed E-state index contributed by atoms with van der Waals surface area (Å²) in [6.07, 6.45) is 4.59. The van der Waals surface area contributed by atoms with Gasteiger partial charge in [-0.15, -0.1) is 10.2 Å². The molecule has 1 amide bonds. The highest BCUT2D eigenvalue weighted by atomic mass is 32.2. The lowest BCUT2D eigenvalue weighted by molar-refractivity contribution is -0.113. The van der Waals surface area contributed by atoms with Crippen LogP contribution in [-0.2, 0) is 11.2 Å². The lowest BCUT2D eigenvalue weighted by Gasteiger charge is -2.11. The molecular weight excluding hydrogens is 338 g/mol. The fraction of sp³-hybridized carbons (Fsp3) is 0.235. The summed E-state index contributed by atoms with van der Waals surface area (Å²) in [5, 5.41) is 11.9. The lowest BCUT2D eigenvalue weighted by Crippen LogP contribution is -2.16. The largest absolute Gasteiger partial charge is 0.495 e. The van der Waals surface area contributed by atoms with Crippen LogP contribution in [0.5, 0.6) is 5.75 Å². The Kier molecular flexibility index (Phi) is 5.39. The van der Waals surface area contributed by atoms with Gasteiger partial charge in [0.2, 0.25) is 11.1 Å². The van der Waals surface area contributed by atoms with Crippen LogP contribution in [0.2, 0.25) is 0 Å². The smallest absolute Gasteiger partial charge is 0.234 e. The average Bonchev–Trinajstić information content (AvgIpc) is 3.29. The molecule has 0 saturated carbocycles. The van der Waals surface area contributed by atoms with E-state index in [0.29, 0.717) is 16.6 Å². The molecule has 1 aromatic carbocycles. The molecule has 7 nitrogen and oxygen atoms in total. The molecule has 0 bridgehead atoms. The highest BCUT2D eigenvalue weighted by molar-refractivity contribution is 7.99. The molecule has 130 valence electrons. The number of aryl methyl sites for hydroxylation is 1. The molecule has 0 saturated heterocycles. The highest BCUT2D eigenvalue weighted by Gasteiger charge is 2.15. The minimum absolute atomic E-state index is 0.130. The van der Waals surface area contributed by atoms with Crippen molar-refractivity contribution in [2.24, 2.45) is 0 Å². The molecule has 1 N–H and O–H groups in total. The molecule has 25 heavy (non-hydrogen) atoms. The van der Waals surface area contributed by atoms with Crippen molar-refractivity contribution in [2.75, 3.05) is 18.2 Å². The van der Waals surface area contributed by atoms with Gasteiger partial charge in [-0.05, 0) is 24.3 Å². The molecule has 0 unspecified atom stereocenters. The van der Waals surface area contributed by atoms with Gasteiger partial charge in [0.05, 0.1) is 18.6 Å². The standard InChI is InChI=1S/C17H19N5O2S/c1-3-15-19-20-17(22(15)21-10-6-7-11-21)25-12-16(23)18-13-8-4-5-9-14(13)24-2/h4-11H,3,12H2,1-2H3,(H,18,23). The van der Waals surface area contributed by atoms with Gasteiger partial charge < -0.3 is 10.1 Å². The van der Waals surface area contributed by atoms with Crippen LogP contribution < -0.4 is 10.1 Å². The number of amides is 1. The van der Waals surface area contributed by atoms with E-state index in [1.54, 1.807) is 19.2 Å².